The van der Waals surface area contributed by atoms with Gasteiger partial charge in [0.2, 0.25) is 5.91 Å². The topological polar surface area (TPSA) is 58.4 Å². The molecule has 144 valence electrons. The average Bonchev–Trinajstić information content (AvgIpc) is 2.56. The van der Waals surface area contributed by atoms with Crippen LogP contribution in [-0.2, 0) is 4.79 Å². The molecule has 1 amide bonds. The maximum absolute atomic E-state index is 12.4. The zero-order valence-corrected chi connectivity index (χ0v) is 17.0. The Morgan fingerprint density at radius 2 is 1.76 bits per heavy atom. The SMILES string of the molecule is CN(C)C(CNC(=O)CC1(CN)CCCCC1)c1ccccc1.Cl.Cl. The summed E-state index contributed by atoms with van der Waals surface area (Å²) in [5.74, 6) is 0.139. The van der Waals surface area contributed by atoms with Gasteiger partial charge in [0, 0.05) is 13.0 Å². The molecule has 0 aliphatic heterocycles. The summed E-state index contributed by atoms with van der Waals surface area (Å²) in [5.41, 5.74) is 7.25. The number of nitrogens with one attached hydrogen (secondary N) is 1. The van der Waals surface area contributed by atoms with Gasteiger partial charge in [0.1, 0.15) is 0 Å². The zero-order chi connectivity index (χ0) is 16.7. The number of rotatable bonds is 7. The second-order valence-corrected chi connectivity index (χ2v) is 7.14. The Balaban J connectivity index is 0.00000288. The van der Waals surface area contributed by atoms with Gasteiger partial charge in [0.05, 0.1) is 6.04 Å². The van der Waals surface area contributed by atoms with Crippen molar-refractivity contribution in [3.05, 3.63) is 35.9 Å². The first-order valence-corrected chi connectivity index (χ1v) is 8.74. The highest BCUT2D eigenvalue weighted by Gasteiger charge is 2.33. The number of carbonyl (C=O) groups excluding carboxylic acids is 1. The van der Waals surface area contributed by atoms with Crippen LogP contribution in [0.5, 0.6) is 0 Å². The van der Waals surface area contributed by atoms with Crippen molar-refractivity contribution in [2.75, 3.05) is 27.2 Å². The molecule has 0 bridgehead atoms. The molecule has 1 fully saturated rings. The normalized spacial score (nSPS) is 17.1. The molecule has 1 aliphatic rings. The van der Waals surface area contributed by atoms with Gasteiger partial charge in [-0.05, 0) is 44.5 Å². The summed E-state index contributed by atoms with van der Waals surface area (Å²) in [5, 5.41) is 3.13. The van der Waals surface area contributed by atoms with E-state index in [1.807, 2.05) is 32.3 Å². The molecule has 1 atom stereocenters. The van der Waals surface area contributed by atoms with Crippen molar-refractivity contribution in [1.29, 1.82) is 0 Å². The zero-order valence-electron chi connectivity index (χ0n) is 15.4. The lowest BCUT2D eigenvalue weighted by molar-refractivity contribution is -0.124. The first-order chi connectivity index (χ1) is 11.1. The Morgan fingerprint density at radius 1 is 1.16 bits per heavy atom. The average molecular weight is 390 g/mol. The van der Waals surface area contributed by atoms with Gasteiger partial charge < -0.3 is 16.0 Å². The predicted molar refractivity (Wildman–Crippen MR) is 110 cm³/mol. The van der Waals surface area contributed by atoms with Gasteiger partial charge in [0.25, 0.3) is 0 Å². The van der Waals surface area contributed by atoms with Gasteiger partial charge in [-0.2, -0.15) is 0 Å². The van der Waals surface area contributed by atoms with E-state index in [2.05, 4.69) is 22.3 Å². The van der Waals surface area contributed by atoms with E-state index in [-0.39, 0.29) is 42.2 Å². The van der Waals surface area contributed by atoms with Gasteiger partial charge in [-0.3, -0.25) is 4.79 Å². The minimum atomic E-state index is 0. The fourth-order valence-corrected chi connectivity index (χ4v) is 3.64. The minimum Gasteiger partial charge on any atom is -0.354 e. The lowest BCUT2D eigenvalue weighted by Gasteiger charge is -2.36. The van der Waals surface area contributed by atoms with Crippen molar-refractivity contribution in [1.82, 2.24) is 10.2 Å². The van der Waals surface area contributed by atoms with Crippen LogP contribution in [0.15, 0.2) is 30.3 Å². The fourth-order valence-electron chi connectivity index (χ4n) is 3.64. The van der Waals surface area contributed by atoms with Crippen LogP contribution < -0.4 is 11.1 Å². The van der Waals surface area contributed by atoms with Crippen LogP contribution in [0, 0.1) is 5.41 Å². The number of nitrogens with two attached hydrogens (primary N) is 1. The number of likely N-dealkylation sites (N-methyl/N-ethyl adjacent to an activating group) is 1. The van der Waals surface area contributed by atoms with E-state index in [0.29, 0.717) is 19.5 Å². The smallest absolute Gasteiger partial charge is 0.220 e. The van der Waals surface area contributed by atoms with Gasteiger partial charge in [-0.15, -0.1) is 24.8 Å². The second-order valence-electron chi connectivity index (χ2n) is 7.14. The summed E-state index contributed by atoms with van der Waals surface area (Å²) in [4.78, 5) is 14.6. The molecule has 1 aromatic rings. The third-order valence-corrected chi connectivity index (χ3v) is 5.18. The maximum atomic E-state index is 12.4. The Labute approximate surface area is 164 Å². The van der Waals surface area contributed by atoms with Crippen LogP contribution in [0.2, 0.25) is 0 Å². The molecule has 0 saturated heterocycles. The second kappa shape index (κ2) is 11.7. The third kappa shape index (κ3) is 7.14. The number of benzene rings is 1. The summed E-state index contributed by atoms with van der Waals surface area (Å²) in [6.45, 7) is 1.26. The minimum absolute atomic E-state index is 0. The predicted octanol–water partition coefficient (Wildman–Crippen LogP) is 3.55. The molecule has 6 heteroatoms. The molecular weight excluding hydrogens is 357 g/mol. The van der Waals surface area contributed by atoms with E-state index in [9.17, 15) is 4.79 Å². The van der Waals surface area contributed by atoms with Crippen LogP contribution in [0.3, 0.4) is 0 Å². The van der Waals surface area contributed by atoms with E-state index in [0.717, 1.165) is 12.8 Å². The van der Waals surface area contributed by atoms with Crippen LogP contribution in [0.1, 0.15) is 50.1 Å². The molecule has 1 saturated carbocycles. The molecule has 25 heavy (non-hydrogen) atoms. The highest BCUT2D eigenvalue weighted by Crippen LogP contribution is 2.38. The highest BCUT2D eigenvalue weighted by molar-refractivity contribution is 5.85. The summed E-state index contributed by atoms with van der Waals surface area (Å²) in [6.07, 6.45) is 6.43. The molecule has 0 radical (unpaired) electrons. The molecule has 0 aromatic heterocycles. The van der Waals surface area contributed by atoms with Gasteiger partial charge in [0.15, 0.2) is 0 Å². The molecule has 1 unspecified atom stereocenters. The molecule has 2 rings (SSSR count). The summed E-state index contributed by atoms with van der Waals surface area (Å²) in [7, 11) is 4.10. The van der Waals surface area contributed by atoms with E-state index in [1.165, 1.54) is 24.8 Å². The number of amides is 1. The third-order valence-electron chi connectivity index (χ3n) is 5.18. The molecular formula is C19H33Cl2N3O. The van der Waals surface area contributed by atoms with Crippen LogP contribution >= 0.6 is 24.8 Å². The van der Waals surface area contributed by atoms with Crippen molar-refractivity contribution >= 4 is 30.7 Å². The number of nitrogens with zero attached hydrogens (tertiary/aromatic N) is 1. The van der Waals surface area contributed by atoms with Crippen molar-refractivity contribution < 1.29 is 4.79 Å². The number of hydrogen-bond acceptors (Lipinski definition) is 3. The monoisotopic (exact) mass is 389 g/mol. The highest BCUT2D eigenvalue weighted by atomic mass is 35.5. The maximum Gasteiger partial charge on any atom is 0.220 e. The molecule has 1 aliphatic carbocycles. The van der Waals surface area contributed by atoms with E-state index in [1.54, 1.807) is 0 Å². The Bertz CT molecular complexity index is 491. The quantitative estimate of drug-likeness (QED) is 0.749. The summed E-state index contributed by atoms with van der Waals surface area (Å²) >= 11 is 0. The molecule has 0 heterocycles. The molecule has 4 nitrogen and oxygen atoms in total. The lowest BCUT2D eigenvalue weighted by Crippen LogP contribution is -2.40. The number of carbonyl (C=O) groups is 1. The van der Waals surface area contributed by atoms with E-state index >= 15 is 0 Å². The first kappa shape index (κ1) is 24.2. The van der Waals surface area contributed by atoms with Crippen LogP contribution in [0.4, 0.5) is 0 Å². The van der Waals surface area contributed by atoms with Crippen molar-refractivity contribution in [3.8, 4) is 0 Å². The first-order valence-electron chi connectivity index (χ1n) is 8.74. The number of hydrogen-bond donors (Lipinski definition) is 2. The van der Waals surface area contributed by atoms with Crippen LogP contribution in [-0.4, -0.2) is 38.0 Å². The Hall–Kier alpha value is -0.810. The van der Waals surface area contributed by atoms with Gasteiger partial charge >= 0.3 is 0 Å². The largest absolute Gasteiger partial charge is 0.354 e. The van der Waals surface area contributed by atoms with Gasteiger partial charge in [-0.25, -0.2) is 0 Å². The molecule has 3 N–H and O–H groups in total. The van der Waals surface area contributed by atoms with Crippen molar-refractivity contribution in [3.63, 3.8) is 0 Å². The molecule has 0 spiro atoms. The lowest BCUT2D eigenvalue weighted by atomic mass is 9.71. The van der Waals surface area contributed by atoms with Crippen molar-refractivity contribution in [2.24, 2.45) is 11.1 Å². The summed E-state index contributed by atoms with van der Waals surface area (Å²) < 4.78 is 0. The fraction of sp³-hybridized carbons (Fsp3) is 0.632. The standard InChI is InChI=1S/C19H31N3O.2ClH/c1-22(2)17(16-9-5-3-6-10-16)14-21-18(23)13-19(15-20)11-7-4-8-12-19;;/h3,5-6,9-10,17H,4,7-8,11-15,20H2,1-2H3,(H,21,23);2*1H. The van der Waals surface area contributed by atoms with E-state index < -0.39 is 0 Å². The van der Waals surface area contributed by atoms with Gasteiger partial charge in [-0.1, -0.05) is 49.6 Å². The Morgan fingerprint density at radius 3 is 2.28 bits per heavy atom. The van der Waals surface area contributed by atoms with E-state index in [4.69, 9.17) is 5.73 Å². The van der Waals surface area contributed by atoms with Crippen molar-refractivity contribution in [2.45, 2.75) is 44.6 Å². The number of halogens is 2. The summed E-state index contributed by atoms with van der Waals surface area (Å²) in [6, 6.07) is 10.5. The Kier molecular flexibility index (Phi) is 11.4. The molecule has 1 aromatic carbocycles. The van der Waals surface area contributed by atoms with Crippen LogP contribution in [0.25, 0.3) is 0 Å².